The van der Waals surface area contributed by atoms with E-state index in [1.807, 2.05) is 0 Å². The fourth-order valence-electron chi connectivity index (χ4n) is 1.71. The Bertz CT molecular complexity index is 265. The Hall–Kier alpha value is -1.06. The van der Waals surface area contributed by atoms with Gasteiger partial charge in [0.1, 0.15) is 5.60 Å². The quantitative estimate of drug-likeness (QED) is 0.535. The molecule has 0 aliphatic carbocycles. The lowest BCUT2D eigenvalue weighted by Gasteiger charge is -2.21. The van der Waals surface area contributed by atoms with Crippen molar-refractivity contribution in [1.82, 2.24) is 0 Å². The predicted molar refractivity (Wildman–Crippen MR) is 70.3 cm³/mol. The van der Waals surface area contributed by atoms with Crippen molar-refractivity contribution in [3.8, 4) is 0 Å². The maximum absolute atomic E-state index is 11.6. The molecule has 0 heterocycles. The minimum atomic E-state index is -0.905. The summed E-state index contributed by atoms with van der Waals surface area (Å²) in [5.74, 6) is -1.94. The number of aliphatic carboxylic acids is 1. The van der Waals surface area contributed by atoms with Crippen molar-refractivity contribution in [2.24, 2.45) is 5.92 Å². The van der Waals surface area contributed by atoms with Gasteiger partial charge < -0.3 is 9.84 Å². The molecular weight excluding hydrogens is 232 g/mol. The summed E-state index contributed by atoms with van der Waals surface area (Å²) < 4.78 is 5.14. The zero-order valence-electron chi connectivity index (χ0n) is 12.0. The first kappa shape index (κ1) is 16.9. The van der Waals surface area contributed by atoms with Crippen LogP contribution in [0.25, 0.3) is 0 Å². The van der Waals surface area contributed by atoms with Crippen molar-refractivity contribution in [1.29, 1.82) is 0 Å². The lowest BCUT2D eigenvalue weighted by Crippen LogP contribution is -2.27. The Morgan fingerprint density at radius 1 is 1.17 bits per heavy atom. The SMILES string of the molecule is CCCCCCC(CC(=O)OC(C)(C)C)C(=O)O. The van der Waals surface area contributed by atoms with E-state index in [1.54, 1.807) is 20.8 Å². The highest BCUT2D eigenvalue weighted by Gasteiger charge is 2.24. The van der Waals surface area contributed by atoms with E-state index >= 15 is 0 Å². The lowest BCUT2D eigenvalue weighted by molar-refractivity contribution is -0.160. The van der Waals surface area contributed by atoms with E-state index in [-0.39, 0.29) is 6.42 Å². The van der Waals surface area contributed by atoms with Crippen molar-refractivity contribution in [3.05, 3.63) is 0 Å². The third-order valence-corrected chi connectivity index (χ3v) is 2.59. The zero-order valence-corrected chi connectivity index (χ0v) is 12.0. The summed E-state index contributed by atoms with van der Waals surface area (Å²) in [6.07, 6.45) is 4.62. The second-order valence-corrected chi connectivity index (χ2v) is 5.68. The first-order valence-corrected chi connectivity index (χ1v) is 6.71. The fraction of sp³-hybridized carbons (Fsp3) is 0.857. The molecule has 0 aromatic carbocycles. The van der Waals surface area contributed by atoms with Gasteiger partial charge in [-0.3, -0.25) is 9.59 Å². The molecule has 0 aliphatic heterocycles. The van der Waals surface area contributed by atoms with Crippen molar-refractivity contribution >= 4 is 11.9 Å². The fourth-order valence-corrected chi connectivity index (χ4v) is 1.71. The Morgan fingerprint density at radius 2 is 1.78 bits per heavy atom. The van der Waals surface area contributed by atoms with Crippen LogP contribution in [0.1, 0.15) is 66.2 Å². The van der Waals surface area contributed by atoms with Gasteiger partial charge in [0.05, 0.1) is 12.3 Å². The molecule has 0 aliphatic rings. The van der Waals surface area contributed by atoms with Gasteiger partial charge >= 0.3 is 11.9 Å². The predicted octanol–water partition coefficient (Wildman–Crippen LogP) is 3.39. The van der Waals surface area contributed by atoms with Gasteiger partial charge in [-0.05, 0) is 27.2 Å². The number of hydrogen-bond acceptors (Lipinski definition) is 3. The molecule has 1 atom stereocenters. The molecule has 0 amide bonds. The van der Waals surface area contributed by atoms with Crippen LogP contribution in [0.15, 0.2) is 0 Å². The smallest absolute Gasteiger partial charge is 0.307 e. The van der Waals surface area contributed by atoms with Crippen LogP contribution in [-0.2, 0) is 14.3 Å². The number of unbranched alkanes of at least 4 members (excludes halogenated alkanes) is 3. The van der Waals surface area contributed by atoms with E-state index in [0.717, 1.165) is 25.7 Å². The van der Waals surface area contributed by atoms with E-state index in [0.29, 0.717) is 6.42 Å². The van der Waals surface area contributed by atoms with Crippen LogP contribution in [0.3, 0.4) is 0 Å². The topological polar surface area (TPSA) is 63.6 Å². The van der Waals surface area contributed by atoms with E-state index in [2.05, 4.69) is 6.92 Å². The minimum Gasteiger partial charge on any atom is -0.481 e. The van der Waals surface area contributed by atoms with Gasteiger partial charge in [-0.25, -0.2) is 0 Å². The minimum absolute atomic E-state index is 0.0290. The molecule has 4 heteroatoms. The summed E-state index contributed by atoms with van der Waals surface area (Å²) in [4.78, 5) is 22.6. The molecule has 0 saturated heterocycles. The van der Waals surface area contributed by atoms with Crippen LogP contribution in [0, 0.1) is 5.92 Å². The number of carbonyl (C=O) groups is 2. The number of ether oxygens (including phenoxy) is 1. The molecule has 1 unspecified atom stereocenters. The average molecular weight is 258 g/mol. The van der Waals surface area contributed by atoms with Gasteiger partial charge in [0.2, 0.25) is 0 Å². The van der Waals surface area contributed by atoms with Gasteiger partial charge in [-0.1, -0.05) is 32.6 Å². The summed E-state index contributed by atoms with van der Waals surface area (Å²) in [6, 6.07) is 0. The Labute approximate surface area is 110 Å². The van der Waals surface area contributed by atoms with Crippen molar-refractivity contribution in [2.75, 3.05) is 0 Å². The van der Waals surface area contributed by atoms with Gasteiger partial charge in [0.25, 0.3) is 0 Å². The molecule has 0 aromatic rings. The number of rotatable bonds is 8. The van der Waals surface area contributed by atoms with Crippen LogP contribution >= 0.6 is 0 Å². The van der Waals surface area contributed by atoms with E-state index in [1.165, 1.54) is 0 Å². The van der Waals surface area contributed by atoms with Crippen molar-refractivity contribution < 1.29 is 19.4 Å². The number of hydrogen-bond donors (Lipinski definition) is 1. The molecule has 0 radical (unpaired) electrons. The molecule has 106 valence electrons. The van der Waals surface area contributed by atoms with Gasteiger partial charge in [0.15, 0.2) is 0 Å². The van der Waals surface area contributed by atoms with Gasteiger partial charge in [0, 0.05) is 0 Å². The van der Waals surface area contributed by atoms with Gasteiger partial charge in [-0.15, -0.1) is 0 Å². The number of esters is 1. The van der Waals surface area contributed by atoms with Crippen LogP contribution in [0.5, 0.6) is 0 Å². The summed E-state index contributed by atoms with van der Waals surface area (Å²) in [7, 11) is 0. The summed E-state index contributed by atoms with van der Waals surface area (Å²) in [5.41, 5.74) is -0.553. The lowest BCUT2D eigenvalue weighted by atomic mass is 9.97. The van der Waals surface area contributed by atoms with Crippen LogP contribution in [0.2, 0.25) is 0 Å². The van der Waals surface area contributed by atoms with Crippen molar-refractivity contribution in [2.45, 2.75) is 71.8 Å². The Kier molecular flexibility index (Phi) is 7.64. The third-order valence-electron chi connectivity index (χ3n) is 2.59. The zero-order chi connectivity index (χ0) is 14.2. The van der Waals surface area contributed by atoms with Crippen LogP contribution in [0.4, 0.5) is 0 Å². The first-order chi connectivity index (χ1) is 8.26. The average Bonchev–Trinajstić information content (AvgIpc) is 2.19. The Morgan fingerprint density at radius 3 is 2.22 bits per heavy atom. The monoisotopic (exact) mass is 258 g/mol. The highest BCUT2D eigenvalue weighted by molar-refractivity contribution is 5.78. The normalized spacial score (nSPS) is 13.1. The second-order valence-electron chi connectivity index (χ2n) is 5.68. The standard InChI is InChI=1S/C14H26O4/c1-5-6-7-8-9-11(13(16)17)10-12(15)18-14(2,3)4/h11H,5-10H2,1-4H3,(H,16,17). The third kappa shape index (κ3) is 9.02. The molecule has 0 saturated carbocycles. The molecule has 0 spiro atoms. The van der Waals surface area contributed by atoms with E-state index in [4.69, 9.17) is 9.84 Å². The maximum Gasteiger partial charge on any atom is 0.307 e. The molecule has 18 heavy (non-hydrogen) atoms. The molecular formula is C14H26O4. The number of carboxylic acids is 1. The molecule has 0 fully saturated rings. The number of carboxylic acid groups (broad SMARTS) is 1. The van der Waals surface area contributed by atoms with Crippen LogP contribution in [-0.4, -0.2) is 22.6 Å². The van der Waals surface area contributed by atoms with Crippen LogP contribution < -0.4 is 0 Å². The highest BCUT2D eigenvalue weighted by Crippen LogP contribution is 2.18. The largest absolute Gasteiger partial charge is 0.481 e. The second kappa shape index (κ2) is 8.11. The molecule has 0 rings (SSSR count). The summed E-state index contributed by atoms with van der Waals surface area (Å²) in [5, 5.41) is 9.07. The first-order valence-electron chi connectivity index (χ1n) is 6.71. The molecule has 0 aromatic heterocycles. The Balaban J connectivity index is 4.11. The molecule has 0 bridgehead atoms. The van der Waals surface area contributed by atoms with Crippen molar-refractivity contribution in [3.63, 3.8) is 0 Å². The maximum atomic E-state index is 11.6. The molecule has 4 nitrogen and oxygen atoms in total. The number of carbonyl (C=O) groups excluding carboxylic acids is 1. The summed E-state index contributed by atoms with van der Waals surface area (Å²) in [6.45, 7) is 7.45. The molecule has 1 N–H and O–H groups in total. The van der Waals surface area contributed by atoms with Gasteiger partial charge in [-0.2, -0.15) is 0 Å². The highest BCUT2D eigenvalue weighted by atomic mass is 16.6. The summed E-state index contributed by atoms with van der Waals surface area (Å²) >= 11 is 0. The van der Waals surface area contributed by atoms with E-state index in [9.17, 15) is 9.59 Å². The van der Waals surface area contributed by atoms with E-state index < -0.39 is 23.5 Å².